The van der Waals surface area contributed by atoms with E-state index in [9.17, 15) is 0 Å². The molecule has 1 aromatic rings. The first-order valence-electron chi connectivity index (χ1n) is 2.34. The summed E-state index contributed by atoms with van der Waals surface area (Å²) in [5, 5.41) is 0.875. The molecule has 1 nitrogen and oxygen atoms in total. The van der Waals surface area contributed by atoms with Crippen LogP contribution in [0.15, 0.2) is 12.3 Å². The Morgan fingerprint density at radius 3 is 2.18 bits per heavy atom. The molecule has 6 heteroatoms. The fourth-order valence-electron chi connectivity index (χ4n) is 0.462. The molecule has 0 saturated heterocycles. The Hall–Kier alpha value is 1.31. The van der Waals surface area contributed by atoms with E-state index < -0.39 is 0 Å². The number of pyridine rings is 1. The molecule has 0 spiro atoms. The van der Waals surface area contributed by atoms with Gasteiger partial charge in [0, 0.05) is 6.07 Å². The number of nitrogens with zero attached hydrogens (tertiary/aromatic N) is 1. The van der Waals surface area contributed by atoms with E-state index in [0.29, 0.717) is 5.02 Å². The molecule has 0 aliphatic carbocycles. The molecular formula is C5H3Cl4NNa+. The molecule has 0 aromatic carbocycles. The fourth-order valence-corrected chi connectivity index (χ4v) is 1.15. The molecule has 0 N–H and O–H groups in total. The monoisotopic (exact) mass is 240 g/mol. The topological polar surface area (TPSA) is 3.88 Å². The van der Waals surface area contributed by atoms with Crippen LogP contribution in [0.1, 0.15) is 0 Å². The molecular weight excluding hydrogens is 239 g/mol. The van der Waals surface area contributed by atoms with Gasteiger partial charge in [0.1, 0.15) is 5.02 Å². The first kappa shape index (κ1) is 12.3. The quantitative estimate of drug-likeness (QED) is 0.485. The van der Waals surface area contributed by atoms with Crippen LogP contribution in [0, 0.1) is 0 Å². The van der Waals surface area contributed by atoms with Gasteiger partial charge in [0.2, 0.25) is 0 Å². The van der Waals surface area contributed by atoms with Gasteiger partial charge >= 0.3 is 34.7 Å². The molecule has 11 heavy (non-hydrogen) atoms. The fraction of sp³-hybridized carbons (Fsp3) is 0. The summed E-state index contributed by atoms with van der Waals surface area (Å²) in [7, 11) is 0. The van der Waals surface area contributed by atoms with Gasteiger partial charge in [0.05, 0.1) is 5.02 Å². The molecule has 56 valence electrons. The van der Waals surface area contributed by atoms with Gasteiger partial charge < -0.3 is 0 Å². The normalized spacial score (nSPS) is 9.09. The standard InChI is InChI=1S/C5H2Cl4N.Na.H/c6-3-1-2-10(9)5(8)4(3)7;;/h1-2H;;/q+1;;. The molecule has 0 unspecified atom stereocenters. The van der Waals surface area contributed by atoms with Crippen LogP contribution < -0.4 is 4.09 Å². The van der Waals surface area contributed by atoms with E-state index in [1.807, 2.05) is 0 Å². The van der Waals surface area contributed by atoms with Crippen LogP contribution >= 0.6 is 46.6 Å². The molecule has 1 heterocycles. The van der Waals surface area contributed by atoms with E-state index in [1.54, 1.807) is 6.07 Å². The molecule has 0 aliphatic rings. The van der Waals surface area contributed by atoms with Gasteiger partial charge in [0.25, 0.3) is 11.8 Å². The van der Waals surface area contributed by atoms with E-state index in [2.05, 4.69) is 0 Å². The predicted molar refractivity (Wildman–Crippen MR) is 50.1 cm³/mol. The van der Waals surface area contributed by atoms with Gasteiger partial charge in [0.15, 0.2) is 6.20 Å². The van der Waals surface area contributed by atoms with Crippen LogP contribution in [0.4, 0.5) is 0 Å². The predicted octanol–water partition coefficient (Wildman–Crippen LogP) is 2.29. The van der Waals surface area contributed by atoms with Gasteiger partial charge in [-0.1, -0.05) is 27.3 Å². The summed E-state index contributed by atoms with van der Waals surface area (Å²) in [5.41, 5.74) is 0. The Morgan fingerprint density at radius 1 is 1.18 bits per heavy atom. The van der Waals surface area contributed by atoms with Gasteiger partial charge in [-0.2, -0.15) is 0 Å². The van der Waals surface area contributed by atoms with Crippen molar-refractivity contribution in [2.45, 2.75) is 0 Å². The maximum absolute atomic E-state index is 5.61. The summed E-state index contributed by atoms with van der Waals surface area (Å²) in [6.45, 7) is 0. The van der Waals surface area contributed by atoms with Crippen molar-refractivity contribution in [3.05, 3.63) is 27.5 Å². The average molecular weight is 242 g/mol. The van der Waals surface area contributed by atoms with Gasteiger partial charge in [-0.05, 0) is 11.6 Å². The van der Waals surface area contributed by atoms with E-state index in [0.717, 1.165) is 4.09 Å². The van der Waals surface area contributed by atoms with Crippen molar-refractivity contribution in [3.63, 3.8) is 0 Å². The number of hydrogen-bond acceptors (Lipinski definition) is 0. The second-order valence-corrected chi connectivity index (χ2v) is 3.09. The van der Waals surface area contributed by atoms with Crippen molar-refractivity contribution >= 4 is 76.1 Å². The van der Waals surface area contributed by atoms with Crippen LogP contribution in [0.2, 0.25) is 15.2 Å². The third kappa shape index (κ3) is 2.92. The van der Waals surface area contributed by atoms with Crippen LogP contribution in [0.3, 0.4) is 0 Å². The zero-order valence-electron chi connectivity index (χ0n) is 4.61. The molecule has 0 atom stereocenters. The summed E-state index contributed by atoms with van der Waals surface area (Å²) in [4.78, 5) is 0. The van der Waals surface area contributed by atoms with Crippen LogP contribution in [0.5, 0.6) is 0 Å². The Bertz CT molecular complexity index is 238. The molecule has 0 amide bonds. The summed E-state index contributed by atoms with van der Waals surface area (Å²) in [5.74, 6) is 0. The number of hydrogen-bond donors (Lipinski definition) is 0. The van der Waals surface area contributed by atoms with Gasteiger partial charge in [-0.25, -0.2) is 0 Å². The van der Waals surface area contributed by atoms with Crippen LogP contribution in [0.25, 0.3) is 0 Å². The maximum atomic E-state index is 5.61. The summed E-state index contributed by atoms with van der Waals surface area (Å²) >= 11 is 22.3. The summed E-state index contributed by atoms with van der Waals surface area (Å²) in [6, 6.07) is 1.56. The first-order valence-corrected chi connectivity index (χ1v) is 3.81. The molecule has 0 aliphatic heterocycles. The van der Waals surface area contributed by atoms with Crippen molar-refractivity contribution in [2.24, 2.45) is 0 Å². The van der Waals surface area contributed by atoms with E-state index in [4.69, 9.17) is 46.6 Å². The van der Waals surface area contributed by atoms with Crippen molar-refractivity contribution < 1.29 is 4.09 Å². The minimum absolute atomic E-state index is 0. The third-order valence-electron chi connectivity index (χ3n) is 0.930. The minimum atomic E-state index is 0. The molecule has 0 bridgehead atoms. The number of halogens is 4. The zero-order chi connectivity index (χ0) is 7.72. The van der Waals surface area contributed by atoms with Crippen LogP contribution in [-0.2, 0) is 0 Å². The average Bonchev–Trinajstić information content (AvgIpc) is 1.93. The van der Waals surface area contributed by atoms with Crippen molar-refractivity contribution in [2.75, 3.05) is 0 Å². The Kier molecular flexibility index (Phi) is 5.74. The molecule has 1 rings (SSSR count). The Balaban J connectivity index is 0.000001000. The van der Waals surface area contributed by atoms with Gasteiger partial charge in [-0.3, -0.25) is 0 Å². The zero-order valence-corrected chi connectivity index (χ0v) is 7.64. The van der Waals surface area contributed by atoms with Crippen molar-refractivity contribution in [1.29, 1.82) is 0 Å². The molecule has 0 saturated carbocycles. The van der Waals surface area contributed by atoms with E-state index >= 15 is 0 Å². The third-order valence-corrected chi connectivity index (χ3v) is 2.56. The SMILES string of the molecule is Clc1cc[n+](Cl)c(Cl)c1Cl.[NaH]. The number of aromatic nitrogens is 1. The van der Waals surface area contributed by atoms with Crippen molar-refractivity contribution in [3.8, 4) is 0 Å². The second kappa shape index (κ2) is 5.13. The Morgan fingerprint density at radius 2 is 1.73 bits per heavy atom. The number of rotatable bonds is 0. The Labute approximate surface area is 107 Å². The molecule has 1 aromatic heterocycles. The van der Waals surface area contributed by atoms with E-state index in [-0.39, 0.29) is 39.7 Å². The van der Waals surface area contributed by atoms with Crippen LogP contribution in [-0.4, -0.2) is 29.6 Å². The van der Waals surface area contributed by atoms with Gasteiger partial charge in [-0.15, -0.1) is 0 Å². The first-order chi connectivity index (χ1) is 4.63. The second-order valence-electron chi connectivity index (χ2n) is 1.58. The summed E-state index contributed by atoms with van der Waals surface area (Å²) < 4.78 is 1.16. The van der Waals surface area contributed by atoms with Crippen molar-refractivity contribution in [1.82, 2.24) is 0 Å². The van der Waals surface area contributed by atoms with E-state index in [1.165, 1.54) is 6.20 Å². The molecule has 0 fully saturated rings. The molecule has 0 radical (unpaired) electrons. The summed E-state index contributed by atoms with van der Waals surface area (Å²) in [6.07, 6.45) is 1.51.